The van der Waals surface area contributed by atoms with Crippen molar-refractivity contribution in [2.45, 2.75) is 13.5 Å². The maximum absolute atomic E-state index is 12.0. The number of nitrogens with one attached hydrogen (secondary N) is 1. The number of benzene rings is 1. The Hall–Kier alpha value is -2.07. The SMILES string of the molecule is CCOc1ncccc1CNC(=O)c1cccc(Cl)c1. The first kappa shape index (κ1) is 14.3. The van der Waals surface area contributed by atoms with Gasteiger partial charge >= 0.3 is 0 Å². The molecule has 5 heteroatoms. The van der Waals surface area contributed by atoms with Crippen molar-refractivity contribution in [2.24, 2.45) is 0 Å². The van der Waals surface area contributed by atoms with E-state index in [-0.39, 0.29) is 5.91 Å². The molecule has 1 aromatic heterocycles. The largest absolute Gasteiger partial charge is 0.478 e. The molecule has 1 heterocycles. The van der Waals surface area contributed by atoms with E-state index >= 15 is 0 Å². The third-order valence-electron chi connectivity index (χ3n) is 2.66. The van der Waals surface area contributed by atoms with Crippen LogP contribution in [0.5, 0.6) is 5.88 Å². The lowest BCUT2D eigenvalue weighted by atomic mass is 10.2. The zero-order valence-corrected chi connectivity index (χ0v) is 11.9. The lowest BCUT2D eigenvalue weighted by molar-refractivity contribution is 0.0950. The van der Waals surface area contributed by atoms with Crippen LogP contribution in [0.1, 0.15) is 22.8 Å². The summed E-state index contributed by atoms with van der Waals surface area (Å²) in [6.45, 7) is 2.78. The van der Waals surface area contributed by atoms with Gasteiger partial charge in [0.05, 0.1) is 6.61 Å². The van der Waals surface area contributed by atoms with Gasteiger partial charge in [0.15, 0.2) is 0 Å². The molecule has 1 amide bonds. The van der Waals surface area contributed by atoms with E-state index in [9.17, 15) is 4.79 Å². The summed E-state index contributed by atoms with van der Waals surface area (Å²) < 4.78 is 5.41. The Morgan fingerprint density at radius 1 is 1.35 bits per heavy atom. The van der Waals surface area contributed by atoms with Crippen LogP contribution in [0, 0.1) is 0 Å². The normalized spacial score (nSPS) is 10.1. The minimum Gasteiger partial charge on any atom is -0.478 e. The summed E-state index contributed by atoms with van der Waals surface area (Å²) >= 11 is 5.86. The predicted octanol–water partition coefficient (Wildman–Crippen LogP) is 3.06. The molecule has 0 saturated heterocycles. The highest BCUT2D eigenvalue weighted by Gasteiger charge is 2.08. The summed E-state index contributed by atoms with van der Waals surface area (Å²) in [5.74, 6) is 0.361. The number of hydrogen-bond acceptors (Lipinski definition) is 3. The maximum Gasteiger partial charge on any atom is 0.251 e. The average molecular weight is 291 g/mol. The third kappa shape index (κ3) is 3.71. The number of ether oxygens (including phenoxy) is 1. The second-order valence-electron chi connectivity index (χ2n) is 4.09. The van der Waals surface area contributed by atoms with Crippen LogP contribution in [0.2, 0.25) is 5.02 Å². The third-order valence-corrected chi connectivity index (χ3v) is 2.89. The van der Waals surface area contributed by atoms with E-state index in [0.717, 1.165) is 5.56 Å². The monoisotopic (exact) mass is 290 g/mol. The van der Waals surface area contributed by atoms with Gasteiger partial charge in [-0.25, -0.2) is 4.98 Å². The standard InChI is InChI=1S/C15H15ClN2O2/c1-2-20-15-12(6-4-8-17-15)10-18-14(19)11-5-3-7-13(16)9-11/h3-9H,2,10H2,1H3,(H,18,19). The highest BCUT2D eigenvalue weighted by Crippen LogP contribution is 2.15. The Bertz CT molecular complexity index is 602. The zero-order chi connectivity index (χ0) is 14.4. The predicted molar refractivity (Wildman–Crippen MR) is 78.0 cm³/mol. The number of carbonyl (C=O) groups excluding carboxylic acids is 1. The molecule has 0 spiro atoms. The molecule has 0 aliphatic rings. The zero-order valence-electron chi connectivity index (χ0n) is 11.1. The fourth-order valence-corrected chi connectivity index (χ4v) is 1.92. The summed E-state index contributed by atoms with van der Waals surface area (Å²) in [5.41, 5.74) is 1.36. The molecule has 1 aromatic carbocycles. The van der Waals surface area contributed by atoms with E-state index in [4.69, 9.17) is 16.3 Å². The molecule has 2 rings (SSSR count). The quantitative estimate of drug-likeness (QED) is 0.921. The first-order chi connectivity index (χ1) is 9.70. The van der Waals surface area contributed by atoms with Crippen molar-refractivity contribution >= 4 is 17.5 Å². The molecular formula is C15H15ClN2O2. The molecule has 0 saturated carbocycles. The fourth-order valence-electron chi connectivity index (χ4n) is 1.73. The van der Waals surface area contributed by atoms with Crippen molar-refractivity contribution in [3.63, 3.8) is 0 Å². The molecule has 20 heavy (non-hydrogen) atoms. The fraction of sp³-hybridized carbons (Fsp3) is 0.200. The van der Waals surface area contributed by atoms with Crippen LogP contribution in [-0.2, 0) is 6.54 Å². The van der Waals surface area contributed by atoms with Crippen molar-refractivity contribution in [3.05, 3.63) is 58.7 Å². The number of amides is 1. The molecule has 0 atom stereocenters. The molecule has 2 aromatic rings. The minimum atomic E-state index is -0.182. The highest BCUT2D eigenvalue weighted by atomic mass is 35.5. The van der Waals surface area contributed by atoms with Crippen molar-refractivity contribution in [2.75, 3.05) is 6.61 Å². The second kappa shape index (κ2) is 6.91. The Labute approximate surface area is 122 Å². The summed E-state index contributed by atoms with van der Waals surface area (Å²) in [6.07, 6.45) is 1.66. The number of carbonyl (C=O) groups is 1. The lowest BCUT2D eigenvalue weighted by Crippen LogP contribution is -2.23. The van der Waals surface area contributed by atoms with Gasteiger partial charge in [0, 0.05) is 28.9 Å². The number of nitrogens with zero attached hydrogens (tertiary/aromatic N) is 1. The van der Waals surface area contributed by atoms with E-state index in [1.54, 1.807) is 30.5 Å². The number of halogens is 1. The number of hydrogen-bond donors (Lipinski definition) is 1. The average Bonchev–Trinajstić information content (AvgIpc) is 2.46. The van der Waals surface area contributed by atoms with Crippen LogP contribution >= 0.6 is 11.6 Å². The Morgan fingerprint density at radius 2 is 2.20 bits per heavy atom. The van der Waals surface area contributed by atoms with E-state index in [1.165, 1.54) is 0 Å². The summed E-state index contributed by atoms with van der Waals surface area (Å²) in [5, 5.41) is 3.36. The Kier molecular flexibility index (Phi) is 4.96. The first-order valence-corrected chi connectivity index (χ1v) is 6.69. The summed E-state index contributed by atoms with van der Waals surface area (Å²) in [6, 6.07) is 10.5. The molecule has 0 fully saturated rings. The molecule has 0 aliphatic carbocycles. The smallest absolute Gasteiger partial charge is 0.251 e. The van der Waals surface area contributed by atoms with E-state index in [1.807, 2.05) is 19.1 Å². The molecule has 104 valence electrons. The number of aromatic nitrogens is 1. The molecular weight excluding hydrogens is 276 g/mol. The van der Waals surface area contributed by atoms with Crippen molar-refractivity contribution in [1.29, 1.82) is 0 Å². The van der Waals surface area contributed by atoms with Crippen LogP contribution in [0.15, 0.2) is 42.6 Å². The number of rotatable bonds is 5. The van der Waals surface area contributed by atoms with Gasteiger partial charge in [0.25, 0.3) is 5.91 Å². The van der Waals surface area contributed by atoms with Crippen LogP contribution in [-0.4, -0.2) is 17.5 Å². The van der Waals surface area contributed by atoms with Gasteiger partial charge in [0.1, 0.15) is 0 Å². The topological polar surface area (TPSA) is 51.2 Å². The summed E-state index contributed by atoms with van der Waals surface area (Å²) in [4.78, 5) is 16.1. The van der Waals surface area contributed by atoms with Crippen LogP contribution in [0.4, 0.5) is 0 Å². The van der Waals surface area contributed by atoms with Gasteiger partial charge in [-0.1, -0.05) is 23.7 Å². The van der Waals surface area contributed by atoms with Crippen molar-refractivity contribution in [3.8, 4) is 5.88 Å². The van der Waals surface area contributed by atoms with Crippen LogP contribution in [0.25, 0.3) is 0 Å². The van der Waals surface area contributed by atoms with Gasteiger partial charge in [-0.3, -0.25) is 4.79 Å². The highest BCUT2D eigenvalue weighted by molar-refractivity contribution is 6.30. The van der Waals surface area contributed by atoms with Crippen molar-refractivity contribution in [1.82, 2.24) is 10.3 Å². The van der Waals surface area contributed by atoms with Gasteiger partial charge < -0.3 is 10.1 Å². The summed E-state index contributed by atoms with van der Waals surface area (Å²) in [7, 11) is 0. The van der Waals surface area contributed by atoms with Crippen molar-refractivity contribution < 1.29 is 9.53 Å². The lowest BCUT2D eigenvalue weighted by Gasteiger charge is -2.10. The molecule has 0 aliphatic heterocycles. The second-order valence-corrected chi connectivity index (χ2v) is 4.53. The minimum absolute atomic E-state index is 0.182. The molecule has 1 N–H and O–H groups in total. The molecule has 4 nitrogen and oxygen atoms in total. The Morgan fingerprint density at radius 3 is 2.95 bits per heavy atom. The molecule has 0 unspecified atom stereocenters. The van der Waals surface area contributed by atoms with E-state index in [0.29, 0.717) is 29.6 Å². The van der Waals surface area contributed by atoms with E-state index in [2.05, 4.69) is 10.3 Å². The first-order valence-electron chi connectivity index (χ1n) is 6.31. The van der Waals surface area contributed by atoms with Crippen LogP contribution in [0.3, 0.4) is 0 Å². The number of pyridine rings is 1. The van der Waals surface area contributed by atoms with Gasteiger partial charge in [-0.15, -0.1) is 0 Å². The van der Waals surface area contributed by atoms with E-state index < -0.39 is 0 Å². The molecule has 0 bridgehead atoms. The maximum atomic E-state index is 12.0. The van der Waals surface area contributed by atoms with Gasteiger partial charge in [-0.05, 0) is 31.2 Å². The Balaban J connectivity index is 2.03. The molecule has 0 radical (unpaired) electrons. The van der Waals surface area contributed by atoms with Gasteiger partial charge in [-0.2, -0.15) is 0 Å². The van der Waals surface area contributed by atoms with Gasteiger partial charge in [0.2, 0.25) is 5.88 Å². The van der Waals surface area contributed by atoms with Crippen LogP contribution < -0.4 is 10.1 Å².